The Labute approximate surface area is 108 Å². The minimum Gasteiger partial charge on any atom is -0.480 e. The van der Waals surface area contributed by atoms with Gasteiger partial charge in [-0.25, -0.2) is 9.59 Å². The molecular formula is C13H22N2O3. The molecule has 1 unspecified atom stereocenters. The van der Waals surface area contributed by atoms with Crippen LogP contribution in [0.4, 0.5) is 4.79 Å². The van der Waals surface area contributed by atoms with E-state index in [2.05, 4.69) is 12.2 Å². The van der Waals surface area contributed by atoms with Crippen LogP contribution in [0.25, 0.3) is 0 Å². The first kappa shape index (κ1) is 13.2. The van der Waals surface area contributed by atoms with E-state index in [1.807, 2.05) is 0 Å². The Kier molecular flexibility index (Phi) is 3.78. The summed E-state index contributed by atoms with van der Waals surface area (Å²) in [4.78, 5) is 24.5. The number of carbonyl (C=O) groups excluding carboxylic acids is 1. The topological polar surface area (TPSA) is 69.6 Å². The molecule has 5 heteroatoms. The summed E-state index contributed by atoms with van der Waals surface area (Å²) < 4.78 is 0. The first-order chi connectivity index (χ1) is 8.58. The second-order valence-corrected chi connectivity index (χ2v) is 5.60. The Morgan fingerprint density at radius 2 is 2.17 bits per heavy atom. The van der Waals surface area contributed by atoms with Gasteiger partial charge in [-0.15, -0.1) is 0 Å². The Hall–Kier alpha value is -1.26. The molecule has 0 bridgehead atoms. The van der Waals surface area contributed by atoms with E-state index in [4.69, 9.17) is 5.11 Å². The number of hydrogen-bond donors (Lipinski definition) is 2. The second-order valence-electron chi connectivity index (χ2n) is 5.60. The SMILES string of the molecule is CCCC1(CNC(=O)N2CCCC2C(=O)O)CC1. The van der Waals surface area contributed by atoms with E-state index in [1.54, 1.807) is 0 Å². The van der Waals surface area contributed by atoms with Crippen molar-refractivity contribution in [2.24, 2.45) is 5.41 Å². The minimum absolute atomic E-state index is 0.206. The van der Waals surface area contributed by atoms with Crippen molar-refractivity contribution >= 4 is 12.0 Å². The molecule has 1 aliphatic heterocycles. The van der Waals surface area contributed by atoms with Gasteiger partial charge in [-0.05, 0) is 37.5 Å². The van der Waals surface area contributed by atoms with Crippen LogP contribution < -0.4 is 5.32 Å². The summed E-state index contributed by atoms with van der Waals surface area (Å²) in [5.41, 5.74) is 0.308. The van der Waals surface area contributed by atoms with Gasteiger partial charge in [-0.3, -0.25) is 0 Å². The third-order valence-corrected chi connectivity index (χ3v) is 4.15. The van der Waals surface area contributed by atoms with E-state index in [0.29, 0.717) is 24.9 Å². The zero-order valence-corrected chi connectivity index (χ0v) is 10.9. The minimum atomic E-state index is -0.891. The summed E-state index contributed by atoms with van der Waals surface area (Å²) in [6.45, 7) is 3.41. The van der Waals surface area contributed by atoms with E-state index < -0.39 is 12.0 Å². The van der Waals surface area contributed by atoms with Crippen molar-refractivity contribution in [1.29, 1.82) is 0 Å². The molecule has 1 atom stereocenters. The van der Waals surface area contributed by atoms with Gasteiger partial charge >= 0.3 is 12.0 Å². The van der Waals surface area contributed by atoms with Crippen LogP contribution in [0.3, 0.4) is 0 Å². The van der Waals surface area contributed by atoms with Crippen molar-refractivity contribution in [1.82, 2.24) is 10.2 Å². The molecule has 2 amide bonds. The highest BCUT2D eigenvalue weighted by Crippen LogP contribution is 2.48. The number of carboxylic acid groups (broad SMARTS) is 1. The molecule has 1 heterocycles. The third-order valence-electron chi connectivity index (χ3n) is 4.15. The van der Waals surface area contributed by atoms with E-state index in [0.717, 1.165) is 19.3 Å². The lowest BCUT2D eigenvalue weighted by molar-refractivity contribution is -0.141. The second kappa shape index (κ2) is 5.16. The Bertz CT molecular complexity index is 339. The Balaban J connectivity index is 1.83. The quantitative estimate of drug-likeness (QED) is 0.786. The molecule has 5 nitrogen and oxygen atoms in total. The molecule has 0 aromatic rings. The number of amides is 2. The van der Waals surface area contributed by atoms with Gasteiger partial charge in [-0.2, -0.15) is 0 Å². The number of urea groups is 1. The predicted molar refractivity (Wildman–Crippen MR) is 67.3 cm³/mol. The number of nitrogens with one attached hydrogen (secondary N) is 1. The van der Waals surface area contributed by atoms with Gasteiger partial charge in [0.1, 0.15) is 6.04 Å². The normalized spacial score (nSPS) is 24.9. The van der Waals surface area contributed by atoms with Crippen LogP contribution in [0.5, 0.6) is 0 Å². The van der Waals surface area contributed by atoms with E-state index in [9.17, 15) is 9.59 Å². The predicted octanol–water partition coefficient (Wildman–Crippen LogP) is 1.83. The first-order valence-electron chi connectivity index (χ1n) is 6.85. The number of hydrogen-bond acceptors (Lipinski definition) is 2. The molecule has 2 N–H and O–H groups in total. The van der Waals surface area contributed by atoms with Crippen LogP contribution in [0.1, 0.15) is 45.4 Å². The highest BCUT2D eigenvalue weighted by molar-refractivity contribution is 5.83. The molecule has 0 aromatic heterocycles. The fourth-order valence-electron chi connectivity index (χ4n) is 2.85. The fraction of sp³-hybridized carbons (Fsp3) is 0.846. The molecule has 1 saturated carbocycles. The highest BCUT2D eigenvalue weighted by atomic mass is 16.4. The van der Waals surface area contributed by atoms with Gasteiger partial charge in [0.2, 0.25) is 0 Å². The van der Waals surface area contributed by atoms with E-state index in [-0.39, 0.29) is 6.03 Å². The summed E-state index contributed by atoms with van der Waals surface area (Å²) in [6, 6.07) is -0.839. The number of rotatable bonds is 5. The van der Waals surface area contributed by atoms with Crippen LogP contribution in [-0.2, 0) is 4.79 Å². The third kappa shape index (κ3) is 2.76. The lowest BCUT2D eigenvalue weighted by atomic mass is 10.0. The molecule has 1 saturated heterocycles. The summed E-state index contributed by atoms with van der Waals surface area (Å²) >= 11 is 0. The van der Waals surface area contributed by atoms with Crippen molar-refractivity contribution in [2.75, 3.05) is 13.1 Å². The maximum Gasteiger partial charge on any atom is 0.326 e. The van der Waals surface area contributed by atoms with Crippen molar-refractivity contribution in [2.45, 2.75) is 51.5 Å². The van der Waals surface area contributed by atoms with Crippen molar-refractivity contribution < 1.29 is 14.7 Å². The monoisotopic (exact) mass is 254 g/mol. The van der Waals surface area contributed by atoms with Gasteiger partial charge < -0.3 is 15.3 Å². The Morgan fingerprint density at radius 1 is 1.44 bits per heavy atom. The van der Waals surface area contributed by atoms with Gasteiger partial charge in [0, 0.05) is 13.1 Å². The zero-order chi connectivity index (χ0) is 13.2. The lowest BCUT2D eigenvalue weighted by Crippen LogP contribution is -2.47. The molecule has 2 fully saturated rings. The average Bonchev–Trinajstić information content (AvgIpc) is 2.92. The Morgan fingerprint density at radius 3 is 2.72 bits per heavy atom. The van der Waals surface area contributed by atoms with Crippen LogP contribution in [0.2, 0.25) is 0 Å². The first-order valence-corrected chi connectivity index (χ1v) is 6.85. The van der Waals surface area contributed by atoms with Gasteiger partial charge in [0.05, 0.1) is 0 Å². The molecule has 0 aromatic carbocycles. The highest BCUT2D eigenvalue weighted by Gasteiger charge is 2.42. The number of carbonyl (C=O) groups is 2. The number of carboxylic acids is 1. The molecule has 1 aliphatic carbocycles. The number of likely N-dealkylation sites (tertiary alicyclic amines) is 1. The number of nitrogens with zero attached hydrogens (tertiary/aromatic N) is 1. The molecule has 2 aliphatic rings. The lowest BCUT2D eigenvalue weighted by Gasteiger charge is -2.23. The standard InChI is InChI=1S/C13H22N2O3/c1-2-5-13(6-7-13)9-14-12(18)15-8-3-4-10(15)11(16)17/h10H,2-9H2,1H3,(H,14,18)(H,16,17). The molecule has 102 valence electrons. The molecule has 0 spiro atoms. The van der Waals surface area contributed by atoms with Gasteiger partial charge in [0.15, 0.2) is 0 Å². The van der Waals surface area contributed by atoms with Crippen LogP contribution in [0.15, 0.2) is 0 Å². The summed E-state index contributed by atoms with van der Waals surface area (Å²) in [7, 11) is 0. The zero-order valence-electron chi connectivity index (χ0n) is 10.9. The molecule has 2 rings (SSSR count). The number of aliphatic carboxylic acids is 1. The maximum atomic E-state index is 12.0. The fourth-order valence-corrected chi connectivity index (χ4v) is 2.85. The van der Waals surface area contributed by atoms with Crippen molar-refractivity contribution in [3.63, 3.8) is 0 Å². The largest absolute Gasteiger partial charge is 0.480 e. The van der Waals surface area contributed by atoms with Gasteiger partial charge in [-0.1, -0.05) is 13.3 Å². The van der Waals surface area contributed by atoms with Crippen molar-refractivity contribution in [3.05, 3.63) is 0 Å². The van der Waals surface area contributed by atoms with Crippen LogP contribution >= 0.6 is 0 Å². The van der Waals surface area contributed by atoms with Crippen LogP contribution in [-0.4, -0.2) is 41.1 Å². The van der Waals surface area contributed by atoms with Crippen LogP contribution in [0, 0.1) is 5.41 Å². The molecule has 0 radical (unpaired) electrons. The van der Waals surface area contributed by atoms with Gasteiger partial charge in [0.25, 0.3) is 0 Å². The summed E-state index contributed by atoms with van der Waals surface area (Å²) in [6.07, 6.45) is 6.01. The summed E-state index contributed by atoms with van der Waals surface area (Å²) in [5.74, 6) is -0.891. The molecule has 18 heavy (non-hydrogen) atoms. The van der Waals surface area contributed by atoms with E-state index >= 15 is 0 Å². The molecular weight excluding hydrogens is 232 g/mol. The summed E-state index contributed by atoms with van der Waals surface area (Å²) in [5, 5.41) is 12.0. The van der Waals surface area contributed by atoms with E-state index in [1.165, 1.54) is 17.7 Å². The smallest absolute Gasteiger partial charge is 0.326 e. The van der Waals surface area contributed by atoms with Crippen molar-refractivity contribution in [3.8, 4) is 0 Å². The average molecular weight is 254 g/mol. The maximum absolute atomic E-state index is 12.0.